The van der Waals surface area contributed by atoms with Crippen LogP contribution in [0.1, 0.15) is 23.7 Å². The van der Waals surface area contributed by atoms with E-state index in [-0.39, 0.29) is 12.0 Å². The summed E-state index contributed by atoms with van der Waals surface area (Å²) in [6, 6.07) is 12.0. The molecule has 5 nitrogen and oxygen atoms in total. The lowest BCUT2D eigenvalue weighted by Crippen LogP contribution is -2.29. The number of fused-ring (bicyclic) bond motifs is 1. The zero-order valence-electron chi connectivity index (χ0n) is 13.0. The number of hydrogen-bond acceptors (Lipinski definition) is 4. The van der Waals surface area contributed by atoms with E-state index in [4.69, 9.17) is 4.74 Å². The first kappa shape index (κ1) is 15.6. The lowest BCUT2D eigenvalue weighted by Gasteiger charge is -2.26. The fourth-order valence-corrected chi connectivity index (χ4v) is 2.74. The fraction of sp³-hybridized carbons (Fsp3) is 0.333. The lowest BCUT2D eigenvalue weighted by atomic mass is 9.97. The molecule has 0 spiro atoms. The number of anilines is 1. The molecule has 0 bridgehead atoms. The zero-order chi connectivity index (χ0) is 15.9. The molecule has 2 aromatic rings. The van der Waals surface area contributed by atoms with Gasteiger partial charge >= 0.3 is 0 Å². The maximum atomic E-state index is 11.9. The summed E-state index contributed by atoms with van der Waals surface area (Å²) in [7, 11) is 0. The summed E-state index contributed by atoms with van der Waals surface area (Å²) in [5.74, 6) is -0.0181. The highest BCUT2D eigenvalue weighted by Gasteiger charge is 2.19. The highest BCUT2D eigenvalue weighted by molar-refractivity contribution is 5.90. The van der Waals surface area contributed by atoms with E-state index >= 15 is 0 Å². The van der Waals surface area contributed by atoms with E-state index in [2.05, 4.69) is 33.8 Å². The van der Waals surface area contributed by atoms with Crippen LogP contribution in [0, 0.1) is 0 Å². The van der Waals surface area contributed by atoms with Gasteiger partial charge in [0, 0.05) is 25.7 Å². The summed E-state index contributed by atoms with van der Waals surface area (Å²) < 4.78 is 5.84. The molecule has 0 saturated heterocycles. The molecule has 1 aromatic heterocycles. The summed E-state index contributed by atoms with van der Waals surface area (Å²) in [4.78, 5) is 15.8. The number of ether oxygens (including phenoxy) is 1. The number of aromatic nitrogens is 1. The topological polar surface area (TPSA) is 63.2 Å². The number of carbonyl (C=O) groups excluding carboxylic acids is 1. The molecule has 1 aliphatic rings. The number of nitrogens with one attached hydrogen (secondary N) is 2. The second-order valence-corrected chi connectivity index (χ2v) is 5.55. The van der Waals surface area contributed by atoms with Crippen molar-refractivity contribution in [2.24, 2.45) is 0 Å². The number of carbonyl (C=O) groups is 1. The zero-order valence-corrected chi connectivity index (χ0v) is 13.0. The predicted octanol–water partition coefficient (Wildman–Crippen LogP) is 2.31. The van der Waals surface area contributed by atoms with Gasteiger partial charge in [-0.05, 0) is 29.7 Å². The maximum Gasteiger partial charge on any atom is 0.225 e. The molecule has 5 heteroatoms. The van der Waals surface area contributed by atoms with Gasteiger partial charge in [-0.25, -0.2) is 0 Å². The van der Waals surface area contributed by atoms with Crippen LogP contribution >= 0.6 is 0 Å². The van der Waals surface area contributed by atoms with Gasteiger partial charge in [-0.15, -0.1) is 0 Å². The highest BCUT2D eigenvalue weighted by atomic mass is 16.5. The van der Waals surface area contributed by atoms with Gasteiger partial charge in [0.1, 0.15) is 0 Å². The van der Waals surface area contributed by atoms with Crippen molar-refractivity contribution in [1.29, 1.82) is 0 Å². The average molecular weight is 311 g/mol. The van der Waals surface area contributed by atoms with Crippen LogP contribution < -0.4 is 10.6 Å². The number of amides is 1. The summed E-state index contributed by atoms with van der Waals surface area (Å²) >= 11 is 0. The van der Waals surface area contributed by atoms with Gasteiger partial charge in [0.05, 0.1) is 24.6 Å². The van der Waals surface area contributed by atoms with Crippen LogP contribution in [0.3, 0.4) is 0 Å². The highest BCUT2D eigenvalue weighted by Crippen LogP contribution is 2.26. The first-order valence-electron chi connectivity index (χ1n) is 7.93. The Morgan fingerprint density at radius 3 is 3.04 bits per heavy atom. The number of pyridine rings is 1. The predicted molar refractivity (Wildman–Crippen MR) is 89.2 cm³/mol. The first-order chi connectivity index (χ1) is 11.3. The van der Waals surface area contributed by atoms with Crippen LogP contribution in [0.5, 0.6) is 0 Å². The third-order valence-corrected chi connectivity index (χ3v) is 3.90. The van der Waals surface area contributed by atoms with Gasteiger partial charge in [-0.2, -0.15) is 0 Å². The molecule has 2 heterocycles. The Bertz CT molecular complexity index is 646. The van der Waals surface area contributed by atoms with Crippen LogP contribution in [-0.4, -0.2) is 30.6 Å². The Kier molecular flexibility index (Phi) is 5.34. The Morgan fingerprint density at radius 2 is 2.17 bits per heavy atom. The Hall–Kier alpha value is -2.24. The van der Waals surface area contributed by atoms with Crippen molar-refractivity contribution >= 4 is 11.6 Å². The molecular formula is C18H21N3O2. The monoisotopic (exact) mass is 311 g/mol. The minimum absolute atomic E-state index is 0.0181. The molecule has 0 aliphatic carbocycles. The molecule has 23 heavy (non-hydrogen) atoms. The van der Waals surface area contributed by atoms with Crippen LogP contribution in [0.15, 0.2) is 48.8 Å². The second kappa shape index (κ2) is 7.85. The van der Waals surface area contributed by atoms with Gasteiger partial charge < -0.3 is 15.4 Å². The standard InChI is InChI=1S/C18H21N3O2/c22-18(21-15-5-3-9-19-12-15)7-10-20-13-17-16-6-2-1-4-14(16)8-11-23-17/h1-6,9,12,17,20H,7-8,10-11,13H2,(H,21,22)/t17-/m1/s1. The summed E-state index contributed by atoms with van der Waals surface area (Å²) in [5, 5.41) is 6.13. The van der Waals surface area contributed by atoms with Gasteiger partial charge in [0.15, 0.2) is 0 Å². The van der Waals surface area contributed by atoms with E-state index in [1.807, 2.05) is 12.1 Å². The number of hydrogen-bond donors (Lipinski definition) is 2. The van der Waals surface area contributed by atoms with Gasteiger partial charge in [0.25, 0.3) is 0 Å². The number of nitrogens with zero attached hydrogens (tertiary/aromatic N) is 1. The molecule has 1 aliphatic heterocycles. The van der Waals surface area contributed by atoms with E-state index in [0.29, 0.717) is 13.0 Å². The molecular weight excluding hydrogens is 290 g/mol. The third kappa shape index (κ3) is 4.37. The van der Waals surface area contributed by atoms with Gasteiger partial charge in [-0.1, -0.05) is 24.3 Å². The van der Waals surface area contributed by atoms with E-state index < -0.39 is 0 Å². The molecule has 3 rings (SSSR count). The molecule has 120 valence electrons. The summed E-state index contributed by atoms with van der Waals surface area (Å²) in [6.45, 7) is 2.09. The van der Waals surface area contributed by atoms with Crippen molar-refractivity contribution in [1.82, 2.24) is 10.3 Å². The molecule has 0 fully saturated rings. The van der Waals surface area contributed by atoms with Crippen LogP contribution in [-0.2, 0) is 16.0 Å². The number of benzene rings is 1. The largest absolute Gasteiger partial charge is 0.372 e. The smallest absolute Gasteiger partial charge is 0.225 e. The average Bonchev–Trinajstić information content (AvgIpc) is 2.60. The lowest BCUT2D eigenvalue weighted by molar-refractivity contribution is -0.116. The Morgan fingerprint density at radius 1 is 1.26 bits per heavy atom. The Balaban J connectivity index is 1.41. The van der Waals surface area contributed by atoms with Crippen molar-refractivity contribution in [3.05, 3.63) is 59.9 Å². The Labute approximate surface area is 136 Å². The second-order valence-electron chi connectivity index (χ2n) is 5.55. The summed E-state index contributed by atoms with van der Waals surface area (Å²) in [5.41, 5.74) is 3.34. The molecule has 1 atom stereocenters. The van der Waals surface area contributed by atoms with Crippen LogP contribution in [0.2, 0.25) is 0 Å². The SMILES string of the molecule is O=C(CCNC[C@H]1OCCc2ccccc21)Nc1cccnc1. The van der Waals surface area contributed by atoms with Crippen molar-refractivity contribution < 1.29 is 9.53 Å². The molecule has 2 N–H and O–H groups in total. The molecule has 0 radical (unpaired) electrons. The molecule has 0 unspecified atom stereocenters. The van der Waals surface area contributed by atoms with E-state index in [9.17, 15) is 4.79 Å². The third-order valence-electron chi connectivity index (χ3n) is 3.90. The quantitative estimate of drug-likeness (QED) is 0.804. The van der Waals surface area contributed by atoms with Crippen molar-refractivity contribution in [2.45, 2.75) is 18.9 Å². The number of rotatable bonds is 6. The van der Waals surface area contributed by atoms with Gasteiger partial charge in [0.2, 0.25) is 5.91 Å². The molecule has 0 saturated carbocycles. The van der Waals surface area contributed by atoms with Crippen LogP contribution in [0.25, 0.3) is 0 Å². The van der Waals surface area contributed by atoms with Crippen LogP contribution in [0.4, 0.5) is 5.69 Å². The van der Waals surface area contributed by atoms with Crippen molar-refractivity contribution in [3.8, 4) is 0 Å². The van der Waals surface area contributed by atoms with Crippen molar-refractivity contribution in [2.75, 3.05) is 25.0 Å². The summed E-state index contributed by atoms with van der Waals surface area (Å²) in [6.07, 6.45) is 4.78. The normalized spacial score (nSPS) is 16.6. The van der Waals surface area contributed by atoms with Gasteiger partial charge in [-0.3, -0.25) is 9.78 Å². The fourth-order valence-electron chi connectivity index (χ4n) is 2.74. The van der Waals surface area contributed by atoms with E-state index in [0.717, 1.165) is 25.3 Å². The molecule has 1 amide bonds. The van der Waals surface area contributed by atoms with Crippen molar-refractivity contribution in [3.63, 3.8) is 0 Å². The maximum absolute atomic E-state index is 11.9. The van der Waals surface area contributed by atoms with E-state index in [1.54, 1.807) is 18.5 Å². The minimum Gasteiger partial charge on any atom is -0.372 e. The van der Waals surface area contributed by atoms with E-state index in [1.165, 1.54) is 11.1 Å². The minimum atomic E-state index is -0.0181. The molecule has 1 aromatic carbocycles. The first-order valence-corrected chi connectivity index (χ1v) is 7.93.